The van der Waals surface area contributed by atoms with Crippen LogP contribution < -0.4 is 10.5 Å². The number of nitrogens with two attached hydrogens (primary N) is 1. The van der Waals surface area contributed by atoms with Gasteiger partial charge in [0.1, 0.15) is 12.4 Å². The van der Waals surface area contributed by atoms with Crippen molar-refractivity contribution in [1.82, 2.24) is 0 Å². The molecule has 0 fully saturated rings. The van der Waals surface area contributed by atoms with E-state index in [9.17, 15) is 0 Å². The van der Waals surface area contributed by atoms with Crippen molar-refractivity contribution in [2.45, 2.75) is 26.3 Å². The second-order valence-corrected chi connectivity index (χ2v) is 3.29. The smallest absolute Gasteiger partial charge is 0.119 e. The number of hydrogen-bond acceptors (Lipinski definition) is 2. The van der Waals surface area contributed by atoms with Crippen molar-refractivity contribution in [3.05, 3.63) is 29.8 Å². The van der Waals surface area contributed by atoms with Crippen LogP contribution in [0.4, 0.5) is 0 Å². The minimum absolute atomic E-state index is 0.0882. The van der Waals surface area contributed by atoms with Gasteiger partial charge < -0.3 is 10.5 Å². The third-order valence-electron chi connectivity index (χ3n) is 1.82. The predicted octanol–water partition coefficient (Wildman–Crippen LogP) is 1.98. The molecule has 0 amide bonds. The Morgan fingerprint density at radius 2 is 2.23 bits per heavy atom. The maximum Gasteiger partial charge on any atom is 0.119 e. The Kier molecular flexibility index (Phi) is 3.77. The first-order valence-corrected chi connectivity index (χ1v) is 4.69. The number of hydrogen-bond donors (Lipinski definition) is 1. The van der Waals surface area contributed by atoms with Gasteiger partial charge in [-0.1, -0.05) is 19.1 Å². The molecule has 0 saturated heterocycles. The molecule has 0 heterocycles. The largest absolute Gasteiger partial charge is 0.492 e. The zero-order chi connectivity index (χ0) is 9.68. The molecule has 1 rings (SSSR count). The predicted molar refractivity (Wildman–Crippen MR) is 55.0 cm³/mol. The molecule has 0 saturated carbocycles. The minimum atomic E-state index is 0.0882. The normalized spacial score (nSPS) is 12.5. The summed E-state index contributed by atoms with van der Waals surface area (Å²) in [5.74, 6) is 0.914. The van der Waals surface area contributed by atoms with Crippen LogP contribution in [0, 0.1) is 0 Å². The molecule has 0 bridgehead atoms. The monoisotopic (exact) mass is 179 g/mol. The standard InChI is InChI=1S/C11H17NO/c1-3-10-5-4-6-11(7-10)13-8-9(2)12/h4-7,9H,3,8,12H2,1-2H3/t9-/m1/s1. The van der Waals surface area contributed by atoms with Crippen molar-refractivity contribution < 1.29 is 4.74 Å². The van der Waals surface area contributed by atoms with Gasteiger partial charge in [0, 0.05) is 6.04 Å². The summed E-state index contributed by atoms with van der Waals surface area (Å²) in [5, 5.41) is 0. The molecule has 1 atom stereocenters. The van der Waals surface area contributed by atoms with Crippen LogP contribution in [0.2, 0.25) is 0 Å². The molecule has 0 radical (unpaired) electrons. The molecule has 72 valence electrons. The van der Waals surface area contributed by atoms with Crippen LogP contribution in [0.25, 0.3) is 0 Å². The molecule has 2 N–H and O–H groups in total. The average Bonchev–Trinajstić information content (AvgIpc) is 2.15. The van der Waals surface area contributed by atoms with E-state index in [0.717, 1.165) is 12.2 Å². The van der Waals surface area contributed by atoms with Crippen molar-refractivity contribution in [3.63, 3.8) is 0 Å². The van der Waals surface area contributed by atoms with Crippen LogP contribution in [0.1, 0.15) is 19.4 Å². The molecule has 13 heavy (non-hydrogen) atoms. The summed E-state index contributed by atoms with van der Waals surface area (Å²) in [5.41, 5.74) is 6.88. The summed E-state index contributed by atoms with van der Waals surface area (Å²) in [7, 11) is 0. The molecule has 0 aliphatic carbocycles. The summed E-state index contributed by atoms with van der Waals surface area (Å²) in [6.45, 7) is 4.64. The lowest BCUT2D eigenvalue weighted by molar-refractivity contribution is 0.296. The SMILES string of the molecule is CCc1cccc(OC[C@@H](C)N)c1. The fourth-order valence-electron chi connectivity index (χ4n) is 1.08. The van der Waals surface area contributed by atoms with Gasteiger partial charge in [-0.15, -0.1) is 0 Å². The average molecular weight is 179 g/mol. The van der Waals surface area contributed by atoms with E-state index in [4.69, 9.17) is 10.5 Å². The molecular weight excluding hydrogens is 162 g/mol. The highest BCUT2D eigenvalue weighted by Gasteiger charge is 1.97. The molecule has 0 aliphatic heterocycles. The number of aryl methyl sites for hydroxylation is 1. The van der Waals surface area contributed by atoms with Gasteiger partial charge in [-0.25, -0.2) is 0 Å². The van der Waals surface area contributed by atoms with Crippen molar-refractivity contribution in [1.29, 1.82) is 0 Å². The van der Waals surface area contributed by atoms with E-state index < -0.39 is 0 Å². The van der Waals surface area contributed by atoms with E-state index in [1.54, 1.807) is 0 Å². The van der Waals surface area contributed by atoms with Gasteiger partial charge in [0.25, 0.3) is 0 Å². The van der Waals surface area contributed by atoms with Crippen LogP contribution in [-0.4, -0.2) is 12.6 Å². The van der Waals surface area contributed by atoms with Gasteiger partial charge in [-0.2, -0.15) is 0 Å². The fourth-order valence-corrected chi connectivity index (χ4v) is 1.08. The van der Waals surface area contributed by atoms with Gasteiger partial charge >= 0.3 is 0 Å². The maximum atomic E-state index is 5.59. The molecule has 2 nitrogen and oxygen atoms in total. The van der Waals surface area contributed by atoms with Crippen LogP contribution in [0.15, 0.2) is 24.3 Å². The van der Waals surface area contributed by atoms with E-state index >= 15 is 0 Å². The lowest BCUT2D eigenvalue weighted by atomic mass is 10.2. The summed E-state index contributed by atoms with van der Waals surface area (Å²) in [4.78, 5) is 0. The van der Waals surface area contributed by atoms with Crippen LogP contribution in [-0.2, 0) is 6.42 Å². The van der Waals surface area contributed by atoms with Crippen molar-refractivity contribution >= 4 is 0 Å². The highest BCUT2D eigenvalue weighted by atomic mass is 16.5. The molecule has 2 heteroatoms. The van der Waals surface area contributed by atoms with E-state index in [0.29, 0.717) is 6.61 Å². The van der Waals surface area contributed by atoms with E-state index in [-0.39, 0.29) is 6.04 Å². The molecule has 0 aromatic heterocycles. The topological polar surface area (TPSA) is 35.2 Å². The third-order valence-corrected chi connectivity index (χ3v) is 1.82. The molecule has 0 unspecified atom stereocenters. The van der Waals surface area contributed by atoms with E-state index in [2.05, 4.69) is 19.1 Å². The summed E-state index contributed by atoms with van der Waals surface area (Å²) in [6, 6.07) is 8.21. The van der Waals surface area contributed by atoms with Crippen LogP contribution in [0.5, 0.6) is 5.75 Å². The Morgan fingerprint density at radius 3 is 2.85 bits per heavy atom. The van der Waals surface area contributed by atoms with E-state index in [1.807, 2.05) is 19.1 Å². The Morgan fingerprint density at radius 1 is 1.46 bits per heavy atom. The first-order valence-electron chi connectivity index (χ1n) is 4.69. The van der Waals surface area contributed by atoms with Crippen molar-refractivity contribution in [2.24, 2.45) is 5.73 Å². The summed E-state index contributed by atoms with van der Waals surface area (Å²) in [6.07, 6.45) is 1.04. The van der Waals surface area contributed by atoms with E-state index in [1.165, 1.54) is 5.56 Å². The fraction of sp³-hybridized carbons (Fsp3) is 0.455. The lowest BCUT2D eigenvalue weighted by Gasteiger charge is -2.09. The number of rotatable bonds is 4. The van der Waals surface area contributed by atoms with Crippen molar-refractivity contribution in [2.75, 3.05) is 6.61 Å². The van der Waals surface area contributed by atoms with Crippen LogP contribution >= 0.6 is 0 Å². The number of ether oxygens (including phenoxy) is 1. The molecular formula is C11H17NO. The van der Waals surface area contributed by atoms with Crippen molar-refractivity contribution in [3.8, 4) is 5.75 Å². The third kappa shape index (κ3) is 3.47. The highest BCUT2D eigenvalue weighted by Crippen LogP contribution is 2.13. The first kappa shape index (κ1) is 10.1. The zero-order valence-corrected chi connectivity index (χ0v) is 8.29. The quantitative estimate of drug-likeness (QED) is 0.767. The Bertz CT molecular complexity index is 258. The summed E-state index contributed by atoms with van der Waals surface area (Å²) >= 11 is 0. The number of benzene rings is 1. The second-order valence-electron chi connectivity index (χ2n) is 3.29. The van der Waals surface area contributed by atoms with Crippen LogP contribution in [0.3, 0.4) is 0 Å². The molecule has 1 aromatic carbocycles. The second kappa shape index (κ2) is 4.87. The summed E-state index contributed by atoms with van der Waals surface area (Å²) < 4.78 is 5.48. The molecule has 1 aromatic rings. The van der Waals surface area contributed by atoms with Gasteiger partial charge in [-0.3, -0.25) is 0 Å². The first-order chi connectivity index (χ1) is 6.22. The highest BCUT2D eigenvalue weighted by molar-refractivity contribution is 5.28. The van der Waals surface area contributed by atoms with Gasteiger partial charge in [0.05, 0.1) is 0 Å². The minimum Gasteiger partial charge on any atom is -0.492 e. The van der Waals surface area contributed by atoms with Gasteiger partial charge in [-0.05, 0) is 31.0 Å². The Balaban J connectivity index is 2.56. The zero-order valence-electron chi connectivity index (χ0n) is 8.29. The maximum absolute atomic E-state index is 5.59. The lowest BCUT2D eigenvalue weighted by Crippen LogP contribution is -2.23. The Hall–Kier alpha value is -1.02. The van der Waals surface area contributed by atoms with Gasteiger partial charge in [0.2, 0.25) is 0 Å². The molecule has 0 spiro atoms. The Labute approximate surface area is 79.7 Å². The molecule has 0 aliphatic rings. The van der Waals surface area contributed by atoms with Gasteiger partial charge in [0.15, 0.2) is 0 Å².